The summed E-state index contributed by atoms with van der Waals surface area (Å²) in [5.41, 5.74) is 0. The van der Waals surface area contributed by atoms with Crippen molar-refractivity contribution in [3.05, 3.63) is 36.4 Å². The van der Waals surface area contributed by atoms with E-state index < -0.39 is 9.84 Å². The summed E-state index contributed by atoms with van der Waals surface area (Å²) in [5, 5.41) is 1.54. The molecule has 90 valence electrons. The highest BCUT2D eigenvalue weighted by Crippen LogP contribution is 2.30. The number of sulfone groups is 1. The van der Waals surface area contributed by atoms with Crippen LogP contribution >= 0.6 is 0 Å². The minimum Gasteiger partial charge on any atom is -0.493 e. The maximum absolute atomic E-state index is 11.7. The first kappa shape index (κ1) is 11.9. The molecule has 0 atom stereocenters. The summed E-state index contributed by atoms with van der Waals surface area (Å²) in [7, 11) is -3.22. The molecule has 0 heterocycles. The Bertz CT molecular complexity index is 645. The van der Waals surface area contributed by atoms with Crippen LogP contribution in [0.5, 0.6) is 5.75 Å². The zero-order chi connectivity index (χ0) is 12.5. The van der Waals surface area contributed by atoms with Gasteiger partial charge in [0.15, 0.2) is 9.84 Å². The van der Waals surface area contributed by atoms with Gasteiger partial charge in [0.05, 0.1) is 11.5 Å². The SMILES string of the molecule is CCOc1ccc(S(C)(=O)=O)c2ccccc12. The van der Waals surface area contributed by atoms with E-state index in [1.54, 1.807) is 18.2 Å². The fourth-order valence-electron chi connectivity index (χ4n) is 1.85. The maximum Gasteiger partial charge on any atom is 0.176 e. The molecule has 2 aromatic rings. The van der Waals surface area contributed by atoms with E-state index in [9.17, 15) is 8.42 Å². The van der Waals surface area contributed by atoms with E-state index in [0.29, 0.717) is 16.9 Å². The molecule has 0 unspecified atom stereocenters. The average molecular weight is 250 g/mol. The second-order valence-electron chi connectivity index (χ2n) is 3.81. The van der Waals surface area contributed by atoms with Gasteiger partial charge in [0.1, 0.15) is 5.75 Å². The molecule has 3 nitrogen and oxygen atoms in total. The fraction of sp³-hybridized carbons (Fsp3) is 0.231. The summed E-state index contributed by atoms with van der Waals surface area (Å²) in [6.07, 6.45) is 1.22. The molecule has 0 aromatic heterocycles. The third-order valence-electron chi connectivity index (χ3n) is 2.54. The van der Waals surface area contributed by atoms with Crippen molar-refractivity contribution in [3.63, 3.8) is 0 Å². The molecule has 0 spiro atoms. The summed E-state index contributed by atoms with van der Waals surface area (Å²) in [5.74, 6) is 0.718. The third-order valence-corrected chi connectivity index (χ3v) is 3.70. The minimum absolute atomic E-state index is 0.344. The first-order valence-corrected chi connectivity index (χ1v) is 7.28. The van der Waals surface area contributed by atoms with Gasteiger partial charge in [-0.1, -0.05) is 24.3 Å². The van der Waals surface area contributed by atoms with E-state index >= 15 is 0 Å². The lowest BCUT2D eigenvalue weighted by Gasteiger charge is -2.10. The van der Waals surface area contributed by atoms with Gasteiger partial charge in [-0.05, 0) is 19.1 Å². The number of benzene rings is 2. The second kappa shape index (κ2) is 4.37. The van der Waals surface area contributed by atoms with Crippen LogP contribution in [0, 0.1) is 0 Å². The molecule has 0 saturated carbocycles. The van der Waals surface area contributed by atoms with Gasteiger partial charge in [0.2, 0.25) is 0 Å². The van der Waals surface area contributed by atoms with Gasteiger partial charge in [-0.15, -0.1) is 0 Å². The van der Waals surface area contributed by atoms with Crippen molar-refractivity contribution in [2.45, 2.75) is 11.8 Å². The van der Waals surface area contributed by atoms with Gasteiger partial charge in [0, 0.05) is 17.0 Å². The maximum atomic E-state index is 11.7. The molecule has 0 amide bonds. The van der Waals surface area contributed by atoms with Crippen LogP contribution in [0.25, 0.3) is 10.8 Å². The highest BCUT2D eigenvalue weighted by Gasteiger charge is 2.13. The van der Waals surface area contributed by atoms with Crippen LogP contribution in [0.1, 0.15) is 6.92 Å². The Hall–Kier alpha value is -1.55. The number of rotatable bonds is 3. The molecule has 0 bridgehead atoms. The van der Waals surface area contributed by atoms with Crippen LogP contribution in [-0.4, -0.2) is 21.3 Å². The van der Waals surface area contributed by atoms with E-state index in [2.05, 4.69) is 0 Å². The molecule has 2 rings (SSSR count). The van der Waals surface area contributed by atoms with E-state index in [-0.39, 0.29) is 0 Å². The minimum atomic E-state index is -3.22. The van der Waals surface area contributed by atoms with E-state index in [1.165, 1.54) is 6.26 Å². The topological polar surface area (TPSA) is 43.4 Å². The highest BCUT2D eigenvalue weighted by molar-refractivity contribution is 7.91. The predicted molar refractivity (Wildman–Crippen MR) is 68.2 cm³/mol. The molecule has 0 radical (unpaired) electrons. The number of ether oxygens (including phenoxy) is 1. The molecule has 4 heteroatoms. The normalized spacial score (nSPS) is 11.6. The van der Waals surface area contributed by atoms with Gasteiger partial charge >= 0.3 is 0 Å². The molecule has 0 aliphatic rings. The van der Waals surface area contributed by atoms with Crippen LogP contribution in [0.15, 0.2) is 41.3 Å². The Morgan fingerprint density at radius 3 is 2.29 bits per heavy atom. The first-order valence-electron chi connectivity index (χ1n) is 5.38. The van der Waals surface area contributed by atoms with E-state index in [4.69, 9.17) is 4.74 Å². The lowest BCUT2D eigenvalue weighted by molar-refractivity contribution is 0.344. The lowest BCUT2D eigenvalue weighted by Crippen LogP contribution is -2.00. The Kier molecular flexibility index (Phi) is 3.07. The van der Waals surface area contributed by atoms with Crippen molar-refractivity contribution >= 4 is 20.6 Å². The lowest BCUT2D eigenvalue weighted by atomic mass is 10.1. The molecule has 0 aliphatic heterocycles. The largest absolute Gasteiger partial charge is 0.493 e. The molecule has 0 saturated heterocycles. The van der Waals surface area contributed by atoms with Crippen molar-refractivity contribution in [3.8, 4) is 5.75 Å². The van der Waals surface area contributed by atoms with Gasteiger partial charge in [-0.2, -0.15) is 0 Å². The Balaban J connectivity index is 2.80. The van der Waals surface area contributed by atoms with Gasteiger partial charge < -0.3 is 4.74 Å². The summed E-state index contributed by atoms with van der Waals surface area (Å²) in [6, 6.07) is 10.7. The number of hydrogen-bond acceptors (Lipinski definition) is 3. The molecule has 2 aromatic carbocycles. The molecule has 17 heavy (non-hydrogen) atoms. The van der Waals surface area contributed by atoms with Gasteiger partial charge in [-0.3, -0.25) is 0 Å². The van der Waals surface area contributed by atoms with Crippen LogP contribution in [-0.2, 0) is 9.84 Å². The summed E-state index contributed by atoms with van der Waals surface area (Å²) in [6.45, 7) is 2.46. The van der Waals surface area contributed by atoms with Gasteiger partial charge in [0.25, 0.3) is 0 Å². The van der Waals surface area contributed by atoms with Crippen LogP contribution < -0.4 is 4.74 Å². The fourth-order valence-corrected chi connectivity index (χ4v) is 2.74. The second-order valence-corrected chi connectivity index (χ2v) is 5.80. The number of hydrogen-bond donors (Lipinski definition) is 0. The molecule has 0 aliphatic carbocycles. The average Bonchev–Trinajstić information content (AvgIpc) is 2.28. The standard InChI is InChI=1S/C13H14O3S/c1-3-16-12-8-9-13(17(2,14)15)11-7-5-4-6-10(11)12/h4-9H,3H2,1-2H3. The quantitative estimate of drug-likeness (QED) is 0.841. The monoisotopic (exact) mass is 250 g/mol. The Labute approximate surface area is 101 Å². The van der Waals surface area contributed by atoms with E-state index in [0.717, 1.165) is 11.1 Å². The predicted octanol–water partition coefficient (Wildman–Crippen LogP) is 2.64. The summed E-state index contributed by atoms with van der Waals surface area (Å²) >= 11 is 0. The third kappa shape index (κ3) is 2.26. The molecular weight excluding hydrogens is 236 g/mol. The Morgan fingerprint density at radius 2 is 1.71 bits per heavy atom. The van der Waals surface area contributed by atoms with Crippen molar-refractivity contribution < 1.29 is 13.2 Å². The highest BCUT2D eigenvalue weighted by atomic mass is 32.2. The van der Waals surface area contributed by atoms with Gasteiger partial charge in [-0.25, -0.2) is 8.42 Å². The zero-order valence-corrected chi connectivity index (χ0v) is 10.6. The van der Waals surface area contributed by atoms with Crippen molar-refractivity contribution in [1.82, 2.24) is 0 Å². The molecular formula is C13H14O3S. The molecule has 0 N–H and O–H groups in total. The number of fused-ring (bicyclic) bond motifs is 1. The van der Waals surface area contributed by atoms with Crippen LogP contribution in [0.3, 0.4) is 0 Å². The smallest absolute Gasteiger partial charge is 0.176 e. The van der Waals surface area contributed by atoms with Crippen molar-refractivity contribution in [2.75, 3.05) is 12.9 Å². The molecule has 0 fully saturated rings. The summed E-state index contributed by atoms with van der Waals surface area (Å²) < 4.78 is 28.8. The van der Waals surface area contributed by atoms with Crippen LogP contribution in [0.2, 0.25) is 0 Å². The van der Waals surface area contributed by atoms with Crippen molar-refractivity contribution in [1.29, 1.82) is 0 Å². The van der Waals surface area contributed by atoms with E-state index in [1.807, 2.05) is 25.1 Å². The van der Waals surface area contributed by atoms with Crippen molar-refractivity contribution in [2.24, 2.45) is 0 Å². The summed E-state index contributed by atoms with van der Waals surface area (Å²) in [4.78, 5) is 0.344. The first-order chi connectivity index (χ1) is 8.04. The van der Waals surface area contributed by atoms with Crippen LogP contribution in [0.4, 0.5) is 0 Å². The zero-order valence-electron chi connectivity index (χ0n) is 9.80. The Morgan fingerprint density at radius 1 is 1.06 bits per heavy atom.